The van der Waals surface area contributed by atoms with Gasteiger partial charge in [0.15, 0.2) is 11.6 Å². The SMILES string of the molecule is Cc1ccc(N(C)C2CCN(C(=O)c3cc(C(=O)O)co3)CC2)nn1. The van der Waals surface area contributed by atoms with Gasteiger partial charge >= 0.3 is 5.97 Å². The number of furan rings is 1. The largest absolute Gasteiger partial charge is 0.478 e. The van der Waals surface area contributed by atoms with Crippen LogP contribution < -0.4 is 4.90 Å². The van der Waals surface area contributed by atoms with Gasteiger partial charge in [0.1, 0.15) is 6.26 Å². The quantitative estimate of drug-likeness (QED) is 0.903. The molecule has 0 spiro atoms. The number of carbonyl (C=O) groups excluding carboxylic acids is 1. The average molecular weight is 344 g/mol. The Morgan fingerprint density at radius 1 is 1.28 bits per heavy atom. The van der Waals surface area contributed by atoms with Crippen LogP contribution in [0.15, 0.2) is 28.9 Å². The summed E-state index contributed by atoms with van der Waals surface area (Å²) in [5, 5.41) is 17.2. The number of carboxylic acids is 1. The van der Waals surface area contributed by atoms with Gasteiger partial charge in [-0.25, -0.2) is 4.79 Å². The normalized spacial score (nSPS) is 15.2. The van der Waals surface area contributed by atoms with Crippen molar-refractivity contribution in [2.24, 2.45) is 0 Å². The summed E-state index contributed by atoms with van der Waals surface area (Å²) in [6.45, 7) is 3.05. The lowest BCUT2D eigenvalue weighted by Gasteiger charge is -2.36. The Morgan fingerprint density at radius 3 is 2.56 bits per heavy atom. The van der Waals surface area contributed by atoms with Crippen molar-refractivity contribution in [2.75, 3.05) is 25.0 Å². The minimum absolute atomic E-state index is 0.0177. The van der Waals surface area contributed by atoms with Gasteiger partial charge in [-0.3, -0.25) is 4.79 Å². The van der Waals surface area contributed by atoms with Crippen LogP contribution in [0.2, 0.25) is 0 Å². The van der Waals surface area contributed by atoms with E-state index < -0.39 is 5.97 Å². The molecule has 1 amide bonds. The molecular formula is C17H20N4O4. The molecule has 0 aliphatic carbocycles. The third kappa shape index (κ3) is 3.62. The maximum absolute atomic E-state index is 12.4. The topological polar surface area (TPSA) is 99.8 Å². The fourth-order valence-electron chi connectivity index (χ4n) is 2.94. The predicted molar refractivity (Wildman–Crippen MR) is 89.8 cm³/mol. The Labute approximate surface area is 145 Å². The highest BCUT2D eigenvalue weighted by molar-refractivity contribution is 5.95. The molecule has 1 N–H and O–H groups in total. The number of anilines is 1. The molecule has 1 aliphatic heterocycles. The Morgan fingerprint density at radius 2 is 2.00 bits per heavy atom. The first kappa shape index (κ1) is 16.9. The summed E-state index contributed by atoms with van der Waals surface area (Å²) in [5.74, 6) is -0.507. The number of likely N-dealkylation sites (tertiary alicyclic amines) is 1. The van der Waals surface area contributed by atoms with E-state index in [9.17, 15) is 9.59 Å². The van der Waals surface area contributed by atoms with Crippen LogP contribution in [0.25, 0.3) is 0 Å². The Kier molecular flexibility index (Phi) is 4.69. The molecule has 132 valence electrons. The highest BCUT2D eigenvalue weighted by atomic mass is 16.4. The number of aromatic nitrogens is 2. The van der Waals surface area contributed by atoms with Crippen molar-refractivity contribution in [1.29, 1.82) is 0 Å². The zero-order valence-electron chi connectivity index (χ0n) is 14.2. The molecule has 2 aromatic heterocycles. The van der Waals surface area contributed by atoms with Gasteiger partial charge in [-0.1, -0.05) is 0 Å². The second kappa shape index (κ2) is 6.92. The van der Waals surface area contributed by atoms with Crippen molar-refractivity contribution in [3.63, 3.8) is 0 Å². The van der Waals surface area contributed by atoms with Crippen molar-refractivity contribution in [2.45, 2.75) is 25.8 Å². The van der Waals surface area contributed by atoms with E-state index in [2.05, 4.69) is 15.1 Å². The molecular weight excluding hydrogens is 324 g/mol. The fraction of sp³-hybridized carbons (Fsp3) is 0.412. The first-order valence-corrected chi connectivity index (χ1v) is 8.10. The highest BCUT2D eigenvalue weighted by Crippen LogP contribution is 2.22. The Hall–Kier alpha value is -2.90. The number of nitrogens with zero attached hydrogens (tertiary/aromatic N) is 4. The number of carboxylic acid groups (broad SMARTS) is 1. The summed E-state index contributed by atoms with van der Waals surface area (Å²) in [4.78, 5) is 27.1. The molecule has 1 fully saturated rings. The van der Waals surface area contributed by atoms with Crippen LogP contribution >= 0.6 is 0 Å². The number of aryl methyl sites for hydroxylation is 1. The minimum Gasteiger partial charge on any atom is -0.478 e. The van der Waals surface area contributed by atoms with E-state index >= 15 is 0 Å². The first-order valence-electron chi connectivity index (χ1n) is 8.10. The number of piperidine rings is 1. The van der Waals surface area contributed by atoms with E-state index in [4.69, 9.17) is 9.52 Å². The van der Waals surface area contributed by atoms with Gasteiger partial charge in [-0.15, -0.1) is 5.10 Å². The number of hydrogen-bond donors (Lipinski definition) is 1. The van der Waals surface area contributed by atoms with Crippen LogP contribution in [0.5, 0.6) is 0 Å². The predicted octanol–water partition coefficient (Wildman–Crippen LogP) is 1.82. The van der Waals surface area contributed by atoms with Crippen molar-refractivity contribution in [3.05, 3.63) is 41.5 Å². The molecule has 8 heteroatoms. The summed E-state index contributed by atoms with van der Waals surface area (Å²) in [5.41, 5.74) is 0.854. The summed E-state index contributed by atoms with van der Waals surface area (Å²) < 4.78 is 5.10. The monoisotopic (exact) mass is 344 g/mol. The molecule has 25 heavy (non-hydrogen) atoms. The van der Waals surface area contributed by atoms with E-state index in [1.165, 1.54) is 6.07 Å². The van der Waals surface area contributed by atoms with Gasteiger partial charge in [0.2, 0.25) is 0 Å². The van der Waals surface area contributed by atoms with Crippen molar-refractivity contribution in [1.82, 2.24) is 15.1 Å². The molecule has 1 saturated heterocycles. The fourth-order valence-corrected chi connectivity index (χ4v) is 2.94. The maximum Gasteiger partial charge on any atom is 0.338 e. The highest BCUT2D eigenvalue weighted by Gasteiger charge is 2.28. The van der Waals surface area contributed by atoms with E-state index in [1.807, 2.05) is 26.1 Å². The van der Waals surface area contributed by atoms with Gasteiger partial charge in [-0.2, -0.15) is 5.10 Å². The molecule has 0 unspecified atom stereocenters. The standard InChI is InChI=1S/C17H20N4O4/c1-11-3-4-15(19-18-11)20(2)13-5-7-21(8-6-13)16(22)14-9-12(10-25-14)17(23)24/h3-4,9-10,13H,5-8H2,1-2H3,(H,23,24). The second-order valence-electron chi connectivity index (χ2n) is 6.17. The summed E-state index contributed by atoms with van der Waals surface area (Å²) >= 11 is 0. The first-order chi connectivity index (χ1) is 12.0. The van der Waals surface area contributed by atoms with E-state index in [0.717, 1.165) is 30.6 Å². The lowest BCUT2D eigenvalue weighted by atomic mass is 10.0. The average Bonchev–Trinajstić information content (AvgIpc) is 3.12. The zero-order chi connectivity index (χ0) is 18.0. The van der Waals surface area contributed by atoms with Gasteiger partial charge in [0, 0.05) is 32.2 Å². The van der Waals surface area contributed by atoms with Gasteiger partial charge in [0.05, 0.1) is 11.3 Å². The number of hydrogen-bond acceptors (Lipinski definition) is 6. The molecule has 0 radical (unpaired) electrons. The zero-order valence-corrected chi connectivity index (χ0v) is 14.2. The second-order valence-corrected chi connectivity index (χ2v) is 6.17. The Bertz CT molecular complexity index is 763. The van der Waals surface area contributed by atoms with E-state index in [0.29, 0.717) is 13.1 Å². The van der Waals surface area contributed by atoms with Crippen molar-refractivity contribution >= 4 is 17.7 Å². The molecule has 1 aliphatic rings. The van der Waals surface area contributed by atoms with Crippen LogP contribution in [-0.4, -0.2) is 58.3 Å². The summed E-state index contributed by atoms with van der Waals surface area (Å²) in [6, 6.07) is 5.40. The molecule has 8 nitrogen and oxygen atoms in total. The van der Waals surface area contributed by atoms with Gasteiger partial charge in [-0.05, 0) is 31.9 Å². The number of aromatic carboxylic acids is 1. The van der Waals surface area contributed by atoms with Crippen LogP contribution in [0.1, 0.15) is 39.4 Å². The van der Waals surface area contributed by atoms with Crippen LogP contribution in [0.4, 0.5) is 5.82 Å². The lowest BCUT2D eigenvalue weighted by molar-refractivity contribution is 0.0677. The minimum atomic E-state index is -1.11. The van der Waals surface area contributed by atoms with E-state index in [-0.39, 0.29) is 23.3 Å². The molecule has 0 saturated carbocycles. The number of amides is 1. The lowest BCUT2D eigenvalue weighted by Crippen LogP contribution is -2.45. The van der Waals surface area contributed by atoms with Crippen molar-refractivity contribution < 1.29 is 19.1 Å². The number of rotatable bonds is 4. The van der Waals surface area contributed by atoms with Crippen LogP contribution in [-0.2, 0) is 0 Å². The molecule has 0 aromatic carbocycles. The maximum atomic E-state index is 12.4. The molecule has 3 rings (SSSR count). The molecule has 2 aromatic rings. The molecule has 3 heterocycles. The third-order valence-electron chi connectivity index (χ3n) is 4.50. The molecule has 0 atom stereocenters. The number of carbonyl (C=O) groups is 2. The molecule has 0 bridgehead atoms. The smallest absolute Gasteiger partial charge is 0.338 e. The van der Waals surface area contributed by atoms with Gasteiger partial charge < -0.3 is 19.3 Å². The summed E-state index contributed by atoms with van der Waals surface area (Å²) in [7, 11) is 1.98. The summed E-state index contributed by atoms with van der Waals surface area (Å²) in [6.07, 6.45) is 2.68. The van der Waals surface area contributed by atoms with Gasteiger partial charge in [0.25, 0.3) is 5.91 Å². The van der Waals surface area contributed by atoms with Crippen LogP contribution in [0.3, 0.4) is 0 Å². The van der Waals surface area contributed by atoms with Crippen LogP contribution in [0, 0.1) is 6.92 Å². The Balaban J connectivity index is 1.60. The van der Waals surface area contributed by atoms with E-state index in [1.54, 1.807) is 4.90 Å². The third-order valence-corrected chi connectivity index (χ3v) is 4.50. The van der Waals surface area contributed by atoms with Crippen molar-refractivity contribution in [3.8, 4) is 0 Å².